The number of thioether (sulfide) groups is 1. The van der Waals surface area contributed by atoms with Gasteiger partial charge < -0.3 is 10.6 Å². The van der Waals surface area contributed by atoms with Crippen LogP contribution in [0.4, 0.5) is 24.5 Å². The van der Waals surface area contributed by atoms with Gasteiger partial charge in [-0.1, -0.05) is 0 Å². The molecule has 0 spiro atoms. The monoisotopic (exact) mass is 403 g/mol. The number of halogens is 3. The van der Waals surface area contributed by atoms with Crippen molar-refractivity contribution in [2.24, 2.45) is 0 Å². The summed E-state index contributed by atoms with van der Waals surface area (Å²) < 4.78 is 38.6. The fourth-order valence-electron chi connectivity index (χ4n) is 2.06. The van der Waals surface area contributed by atoms with E-state index in [0.717, 1.165) is 23.1 Å². The summed E-state index contributed by atoms with van der Waals surface area (Å²) >= 11 is 2.08. The fourth-order valence-corrected chi connectivity index (χ4v) is 3.98. The number of carbonyl (C=O) groups is 2. The first-order chi connectivity index (χ1) is 12.1. The van der Waals surface area contributed by atoms with E-state index in [1.807, 2.05) is 0 Å². The standard InChI is InChI=1S/C16H16F3N3O2S2/c1-9(23)20-11-3-5-12(6-4-11)22-14(24)8-25-7-13-15(16(17,18)19)21-10(2)26-13/h3-6H,7-8H2,1-2H3,(H,20,23)(H,22,24). The lowest BCUT2D eigenvalue weighted by Crippen LogP contribution is -2.14. The Morgan fingerprint density at radius 3 is 2.27 bits per heavy atom. The number of aromatic nitrogens is 1. The average Bonchev–Trinajstić information content (AvgIpc) is 2.90. The summed E-state index contributed by atoms with van der Waals surface area (Å²) in [6.45, 7) is 2.91. The van der Waals surface area contributed by atoms with Crippen molar-refractivity contribution < 1.29 is 22.8 Å². The highest BCUT2D eigenvalue weighted by molar-refractivity contribution is 7.99. The fraction of sp³-hybridized carbons (Fsp3) is 0.312. The molecular formula is C16H16F3N3O2S2. The summed E-state index contributed by atoms with van der Waals surface area (Å²) in [5.41, 5.74) is 0.265. The van der Waals surface area contributed by atoms with Crippen LogP contribution in [0.2, 0.25) is 0 Å². The van der Waals surface area contributed by atoms with Crippen LogP contribution in [0.25, 0.3) is 0 Å². The smallest absolute Gasteiger partial charge is 0.326 e. The molecule has 140 valence electrons. The number of aryl methyl sites for hydroxylation is 1. The number of thiazole rings is 1. The number of benzene rings is 1. The summed E-state index contributed by atoms with van der Waals surface area (Å²) in [4.78, 5) is 26.5. The van der Waals surface area contributed by atoms with Gasteiger partial charge in [0.2, 0.25) is 11.8 Å². The van der Waals surface area contributed by atoms with Crippen LogP contribution in [0.15, 0.2) is 24.3 Å². The van der Waals surface area contributed by atoms with Gasteiger partial charge >= 0.3 is 6.18 Å². The first-order valence-corrected chi connectivity index (χ1v) is 9.41. The van der Waals surface area contributed by atoms with Crippen molar-refractivity contribution >= 4 is 46.3 Å². The Labute approximate surface area is 156 Å². The number of amides is 2. The molecule has 0 radical (unpaired) electrons. The first kappa shape index (κ1) is 20.2. The molecule has 0 saturated heterocycles. The van der Waals surface area contributed by atoms with E-state index in [-0.39, 0.29) is 28.2 Å². The minimum atomic E-state index is -4.49. The number of carbonyl (C=O) groups excluding carboxylic acids is 2. The molecule has 26 heavy (non-hydrogen) atoms. The number of anilines is 2. The van der Waals surface area contributed by atoms with Gasteiger partial charge in [-0.05, 0) is 31.2 Å². The lowest BCUT2D eigenvalue weighted by Gasteiger charge is -2.08. The average molecular weight is 403 g/mol. The van der Waals surface area contributed by atoms with Gasteiger partial charge in [-0.2, -0.15) is 13.2 Å². The lowest BCUT2D eigenvalue weighted by molar-refractivity contribution is -0.141. The zero-order chi connectivity index (χ0) is 19.3. The summed E-state index contributed by atoms with van der Waals surface area (Å²) in [6, 6.07) is 6.53. The van der Waals surface area contributed by atoms with Gasteiger partial charge in [-0.15, -0.1) is 23.1 Å². The Balaban J connectivity index is 1.85. The lowest BCUT2D eigenvalue weighted by atomic mass is 10.3. The minimum Gasteiger partial charge on any atom is -0.326 e. The first-order valence-electron chi connectivity index (χ1n) is 7.44. The van der Waals surface area contributed by atoms with Crippen LogP contribution >= 0.6 is 23.1 Å². The Bertz CT molecular complexity index is 789. The van der Waals surface area contributed by atoms with Crippen molar-refractivity contribution in [2.45, 2.75) is 25.8 Å². The van der Waals surface area contributed by atoms with Gasteiger partial charge in [0.1, 0.15) is 0 Å². The maximum Gasteiger partial charge on any atom is 0.434 e. The second-order valence-corrected chi connectivity index (χ2v) is 7.58. The molecule has 2 amide bonds. The van der Waals surface area contributed by atoms with Crippen LogP contribution in [0.5, 0.6) is 0 Å². The summed E-state index contributed by atoms with van der Waals surface area (Å²) in [7, 11) is 0. The van der Waals surface area contributed by atoms with Gasteiger partial charge in [0.25, 0.3) is 0 Å². The Morgan fingerprint density at radius 2 is 1.73 bits per heavy atom. The molecule has 0 bridgehead atoms. The third-order valence-corrected chi connectivity index (χ3v) is 5.14. The van der Waals surface area contributed by atoms with Gasteiger partial charge in [-0.25, -0.2) is 4.98 Å². The van der Waals surface area contributed by atoms with Crippen molar-refractivity contribution in [2.75, 3.05) is 16.4 Å². The van der Waals surface area contributed by atoms with E-state index in [9.17, 15) is 22.8 Å². The van der Waals surface area contributed by atoms with Crippen LogP contribution < -0.4 is 10.6 Å². The third-order valence-electron chi connectivity index (χ3n) is 3.03. The second-order valence-electron chi connectivity index (χ2n) is 5.30. The highest BCUT2D eigenvalue weighted by Gasteiger charge is 2.36. The van der Waals surface area contributed by atoms with E-state index in [1.54, 1.807) is 24.3 Å². The highest BCUT2D eigenvalue weighted by Crippen LogP contribution is 2.35. The normalized spacial score (nSPS) is 11.3. The van der Waals surface area contributed by atoms with E-state index < -0.39 is 11.9 Å². The van der Waals surface area contributed by atoms with Gasteiger partial charge in [-0.3, -0.25) is 9.59 Å². The zero-order valence-electron chi connectivity index (χ0n) is 13.9. The predicted molar refractivity (Wildman–Crippen MR) is 97.4 cm³/mol. The third kappa shape index (κ3) is 6.03. The van der Waals surface area contributed by atoms with Crippen molar-refractivity contribution in [3.63, 3.8) is 0 Å². The van der Waals surface area contributed by atoms with Gasteiger partial charge in [0.15, 0.2) is 5.69 Å². The molecule has 0 saturated carbocycles. The number of hydrogen-bond acceptors (Lipinski definition) is 5. The van der Waals surface area contributed by atoms with Crippen molar-refractivity contribution in [1.29, 1.82) is 0 Å². The Hall–Kier alpha value is -2.07. The number of rotatable bonds is 6. The van der Waals surface area contributed by atoms with E-state index in [0.29, 0.717) is 16.4 Å². The largest absolute Gasteiger partial charge is 0.434 e. The molecule has 0 atom stereocenters. The summed E-state index contributed by atoms with van der Waals surface area (Å²) in [5.74, 6) is -0.441. The minimum absolute atomic E-state index is 0.0156. The van der Waals surface area contributed by atoms with Crippen LogP contribution in [-0.4, -0.2) is 22.6 Å². The van der Waals surface area contributed by atoms with Crippen molar-refractivity contribution in [3.8, 4) is 0 Å². The highest BCUT2D eigenvalue weighted by atomic mass is 32.2. The predicted octanol–water partition coefficient (Wildman–Crippen LogP) is 4.30. The Kier molecular flexibility index (Phi) is 6.65. The molecule has 0 fully saturated rings. The molecule has 0 aliphatic rings. The van der Waals surface area contributed by atoms with Gasteiger partial charge in [0, 0.05) is 28.9 Å². The van der Waals surface area contributed by atoms with E-state index in [4.69, 9.17) is 0 Å². The molecule has 5 nitrogen and oxygen atoms in total. The number of nitrogens with zero attached hydrogens (tertiary/aromatic N) is 1. The molecule has 10 heteroatoms. The molecule has 1 heterocycles. The molecule has 0 aliphatic carbocycles. The topological polar surface area (TPSA) is 71.1 Å². The van der Waals surface area contributed by atoms with Crippen LogP contribution in [0, 0.1) is 6.92 Å². The zero-order valence-corrected chi connectivity index (χ0v) is 15.6. The molecule has 2 rings (SSSR count). The maximum atomic E-state index is 12.9. The second kappa shape index (κ2) is 8.54. The summed E-state index contributed by atoms with van der Waals surface area (Å²) in [6.07, 6.45) is -4.49. The molecular weight excluding hydrogens is 387 g/mol. The van der Waals surface area contributed by atoms with Crippen LogP contribution in [0.3, 0.4) is 0 Å². The van der Waals surface area contributed by atoms with Crippen molar-refractivity contribution in [3.05, 3.63) is 39.8 Å². The molecule has 2 N–H and O–H groups in total. The SMILES string of the molecule is CC(=O)Nc1ccc(NC(=O)CSCc2sc(C)nc2C(F)(F)F)cc1. The van der Waals surface area contributed by atoms with Crippen LogP contribution in [0.1, 0.15) is 22.5 Å². The number of nitrogens with one attached hydrogen (secondary N) is 2. The molecule has 0 unspecified atom stereocenters. The van der Waals surface area contributed by atoms with Crippen LogP contribution in [-0.2, 0) is 21.5 Å². The maximum absolute atomic E-state index is 12.9. The van der Waals surface area contributed by atoms with E-state index in [1.165, 1.54) is 13.8 Å². The van der Waals surface area contributed by atoms with Crippen molar-refractivity contribution in [1.82, 2.24) is 4.98 Å². The van der Waals surface area contributed by atoms with Gasteiger partial charge in [0.05, 0.1) is 10.8 Å². The molecule has 1 aromatic carbocycles. The molecule has 2 aromatic rings. The van der Waals surface area contributed by atoms with E-state index >= 15 is 0 Å². The Morgan fingerprint density at radius 1 is 1.15 bits per heavy atom. The molecule has 0 aliphatic heterocycles. The van der Waals surface area contributed by atoms with E-state index in [2.05, 4.69) is 15.6 Å². The number of hydrogen-bond donors (Lipinski definition) is 2. The quantitative estimate of drug-likeness (QED) is 0.754. The number of alkyl halides is 3. The molecule has 1 aromatic heterocycles. The summed E-state index contributed by atoms with van der Waals surface area (Å²) in [5, 5.41) is 5.60.